The second-order valence-corrected chi connectivity index (χ2v) is 5.05. The zero-order valence-corrected chi connectivity index (χ0v) is 12.7. The lowest BCUT2D eigenvalue weighted by molar-refractivity contribution is 0.0992. The van der Waals surface area contributed by atoms with Crippen LogP contribution in [0.15, 0.2) is 0 Å². The van der Waals surface area contributed by atoms with Crippen LogP contribution in [0.3, 0.4) is 0 Å². The molecule has 110 valence electrons. The van der Waals surface area contributed by atoms with E-state index in [9.17, 15) is 0 Å². The summed E-state index contributed by atoms with van der Waals surface area (Å²) in [6.07, 6.45) is 12.7. The molecule has 0 saturated carbocycles. The molecular formula is C16H34O2. The van der Waals surface area contributed by atoms with Crippen LogP contribution in [0, 0.1) is 0 Å². The fraction of sp³-hybridized carbons (Fsp3) is 1.00. The van der Waals surface area contributed by atoms with Gasteiger partial charge in [-0.25, -0.2) is 0 Å². The van der Waals surface area contributed by atoms with Crippen LogP contribution in [0.25, 0.3) is 0 Å². The molecule has 0 aromatic carbocycles. The Morgan fingerprint density at radius 1 is 0.444 bits per heavy atom. The Balaban J connectivity index is 2.86. The molecule has 18 heavy (non-hydrogen) atoms. The highest BCUT2D eigenvalue weighted by Gasteiger charge is 1.93. The Labute approximate surface area is 114 Å². The van der Waals surface area contributed by atoms with Crippen molar-refractivity contribution < 1.29 is 9.47 Å². The fourth-order valence-electron chi connectivity index (χ4n) is 1.87. The molecule has 0 aliphatic heterocycles. The van der Waals surface area contributed by atoms with E-state index in [-0.39, 0.29) is 0 Å². The summed E-state index contributed by atoms with van der Waals surface area (Å²) in [4.78, 5) is 0. The first-order chi connectivity index (χ1) is 8.91. The molecule has 0 radical (unpaired) electrons. The molecule has 0 aliphatic carbocycles. The molecule has 0 saturated heterocycles. The van der Waals surface area contributed by atoms with E-state index in [0.29, 0.717) is 0 Å². The van der Waals surface area contributed by atoms with Crippen LogP contribution in [-0.2, 0) is 9.47 Å². The maximum absolute atomic E-state index is 5.58. The fourth-order valence-corrected chi connectivity index (χ4v) is 1.87. The average molecular weight is 258 g/mol. The third-order valence-corrected chi connectivity index (χ3v) is 3.11. The van der Waals surface area contributed by atoms with Crippen LogP contribution in [-0.4, -0.2) is 26.4 Å². The summed E-state index contributed by atoms with van der Waals surface area (Å²) in [5.41, 5.74) is 0. The molecule has 2 heteroatoms. The molecule has 0 unspecified atom stereocenters. The van der Waals surface area contributed by atoms with Gasteiger partial charge in [0.1, 0.15) is 0 Å². The van der Waals surface area contributed by atoms with Crippen LogP contribution in [0.4, 0.5) is 0 Å². The van der Waals surface area contributed by atoms with Gasteiger partial charge in [0.25, 0.3) is 0 Å². The number of rotatable bonds is 15. The number of hydrogen-bond donors (Lipinski definition) is 0. The average Bonchev–Trinajstić information content (AvgIpc) is 2.39. The lowest BCUT2D eigenvalue weighted by Crippen LogP contribution is -2.01. The molecule has 2 nitrogen and oxygen atoms in total. The van der Waals surface area contributed by atoms with Gasteiger partial charge >= 0.3 is 0 Å². The summed E-state index contributed by atoms with van der Waals surface area (Å²) in [5, 5.41) is 0. The van der Waals surface area contributed by atoms with Crippen molar-refractivity contribution in [2.24, 2.45) is 0 Å². The summed E-state index contributed by atoms with van der Waals surface area (Å²) >= 11 is 0. The minimum absolute atomic E-state index is 0.908. The highest BCUT2D eigenvalue weighted by molar-refractivity contribution is 4.43. The normalized spacial score (nSPS) is 11.0. The first kappa shape index (κ1) is 17.9. The number of ether oxygens (including phenoxy) is 2. The first-order valence-corrected chi connectivity index (χ1v) is 8.07. The molecule has 0 rings (SSSR count). The summed E-state index contributed by atoms with van der Waals surface area (Å²) in [7, 11) is 0. The molecule has 0 bridgehead atoms. The predicted octanol–water partition coefficient (Wildman–Crippen LogP) is 4.96. The van der Waals surface area contributed by atoms with E-state index in [1.807, 2.05) is 0 Å². The van der Waals surface area contributed by atoms with Gasteiger partial charge < -0.3 is 9.47 Å². The maximum atomic E-state index is 5.58. The summed E-state index contributed by atoms with van der Waals surface area (Å²) in [5.74, 6) is 0. The molecule has 0 fully saturated rings. The third-order valence-electron chi connectivity index (χ3n) is 3.11. The second kappa shape index (κ2) is 16.9. The summed E-state index contributed by atoms with van der Waals surface area (Å²) in [6.45, 7) is 8.18. The molecule has 0 heterocycles. The number of unbranched alkanes of at least 4 members (excludes halogenated alkanes) is 7. The van der Waals surface area contributed by atoms with E-state index in [1.54, 1.807) is 0 Å². The van der Waals surface area contributed by atoms with Gasteiger partial charge in [-0.2, -0.15) is 0 Å². The van der Waals surface area contributed by atoms with Crippen molar-refractivity contribution in [2.75, 3.05) is 26.4 Å². The van der Waals surface area contributed by atoms with Gasteiger partial charge in [-0.05, 0) is 25.7 Å². The predicted molar refractivity (Wildman–Crippen MR) is 79.2 cm³/mol. The van der Waals surface area contributed by atoms with E-state index in [0.717, 1.165) is 39.3 Å². The van der Waals surface area contributed by atoms with Gasteiger partial charge in [0.2, 0.25) is 0 Å². The van der Waals surface area contributed by atoms with Crippen LogP contribution < -0.4 is 0 Å². The van der Waals surface area contributed by atoms with Gasteiger partial charge in [0.05, 0.1) is 0 Å². The van der Waals surface area contributed by atoms with E-state index >= 15 is 0 Å². The topological polar surface area (TPSA) is 18.5 Å². The minimum atomic E-state index is 0.908. The maximum Gasteiger partial charge on any atom is 0.0466 e. The second-order valence-electron chi connectivity index (χ2n) is 5.05. The van der Waals surface area contributed by atoms with Gasteiger partial charge in [0, 0.05) is 26.4 Å². The van der Waals surface area contributed by atoms with Gasteiger partial charge in [0.15, 0.2) is 0 Å². The van der Waals surface area contributed by atoms with E-state index < -0.39 is 0 Å². The van der Waals surface area contributed by atoms with E-state index in [4.69, 9.17) is 9.47 Å². The molecule has 0 aromatic rings. The van der Waals surface area contributed by atoms with Crippen molar-refractivity contribution >= 4 is 0 Å². The molecule has 0 atom stereocenters. The van der Waals surface area contributed by atoms with Crippen LogP contribution in [0.1, 0.15) is 78.1 Å². The highest BCUT2D eigenvalue weighted by Crippen LogP contribution is 2.01. The lowest BCUT2D eigenvalue weighted by Gasteiger charge is -2.05. The standard InChI is InChI=1S/C16H34O2/c1-3-5-7-9-13-17-15-11-12-16-18-14-10-8-6-4-2/h3-16H2,1-2H3. The Kier molecular flexibility index (Phi) is 16.8. The first-order valence-electron chi connectivity index (χ1n) is 8.07. The van der Waals surface area contributed by atoms with E-state index in [1.165, 1.54) is 51.4 Å². The zero-order valence-electron chi connectivity index (χ0n) is 12.7. The summed E-state index contributed by atoms with van der Waals surface area (Å²) in [6, 6.07) is 0. The SMILES string of the molecule is CCCCCCOCCCCOCCCCCC. The zero-order chi connectivity index (χ0) is 13.3. The molecule has 0 aliphatic rings. The summed E-state index contributed by atoms with van der Waals surface area (Å²) < 4.78 is 11.2. The van der Waals surface area contributed by atoms with Crippen molar-refractivity contribution in [3.05, 3.63) is 0 Å². The third kappa shape index (κ3) is 15.9. The Morgan fingerprint density at radius 3 is 1.11 bits per heavy atom. The largest absolute Gasteiger partial charge is 0.381 e. The van der Waals surface area contributed by atoms with Crippen LogP contribution in [0.5, 0.6) is 0 Å². The van der Waals surface area contributed by atoms with Crippen LogP contribution >= 0.6 is 0 Å². The van der Waals surface area contributed by atoms with Gasteiger partial charge in [-0.1, -0.05) is 52.4 Å². The quantitative estimate of drug-likeness (QED) is 0.386. The molecule has 0 N–H and O–H groups in total. The Bertz CT molecular complexity index is 121. The molecule has 0 aromatic heterocycles. The van der Waals surface area contributed by atoms with Crippen molar-refractivity contribution in [1.29, 1.82) is 0 Å². The van der Waals surface area contributed by atoms with Crippen LogP contribution in [0.2, 0.25) is 0 Å². The monoisotopic (exact) mass is 258 g/mol. The highest BCUT2D eigenvalue weighted by atomic mass is 16.5. The van der Waals surface area contributed by atoms with Gasteiger partial charge in [-0.3, -0.25) is 0 Å². The minimum Gasteiger partial charge on any atom is -0.381 e. The van der Waals surface area contributed by atoms with Crippen molar-refractivity contribution in [3.8, 4) is 0 Å². The Morgan fingerprint density at radius 2 is 0.778 bits per heavy atom. The van der Waals surface area contributed by atoms with Crippen molar-refractivity contribution in [1.82, 2.24) is 0 Å². The molecule has 0 amide bonds. The lowest BCUT2D eigenvalue weighted by atomic mass is 10.2. The van der Waals surface area contributed by atoms with E-state index in [2.05, 4.69) is 13.8 Å². The van der Waals surface area contributed by atoms with Crippen molar-refractivity contribution in [2.45, 2.75) is 78.1 Å². The smallest absolute Gasteiger partial charge is 0.0466 e. The number of hydrogen-bond acceptors (Lipinski definition) is 2. The molecule has 0 spiro atoms. The molecular weight excluding hydrogens is 224 g/mol. The van der Waals surface area contributed by atoms with Gasteiger partial charge in [-0.15, -0.1) is 0 Å². The Hall–Kier alpha value is -0.0800. The van der Waals surface area contributed by atoms with Crippen molar-refractivity contribution in [3.63, 3.8) is 0 Å².